The average molecular weight is 279 g/mol. The fraction of sp³-hybridized carbons (Fsp3) is 0.357. The van der Waals surface area contributed by atoms with E-state index in [1.165, 1.54) is 18.7 Å². The molecule has 0 bridgehead atoms. The highest BCUT2D eigenvalue weighted by molar-refractivity contribution is 5.94. The Kier molecular flexibility index (Phi) is 5.25. The van der Waals surface area contributed by atoms with E-state index in [2.05, 4.69) is 0 Å². The van der Waals surface area contributed by atoms with E-state index < -0.39 is 17.9 Å². The van der Waals surface area contributed by atoms with E-state index in [0.29, 0.717) is 11.3 Å². The quantitative estimate of drug-likeness (QED) is 0.734. The molecule has 0 aliphatic heterocycles. The zero-order valence-corrected chi connectivity index (χ0v) is 11.4. The smallest absolute Gasteiger partial charge is 0.323 e. The van der Waals surface area contributed by atoms with Crippen molar-refractivity contribution in [2.24, 2.45) is 5.92 Å². The molecule has 1 rings (SSSR count). The molecule has 1 aromatic carbocycles. The van der Waals surface area contributed by atoms with Gasteiger partial charge >= 0.3 is 11.9 Å². The van der Waals surface area contributed by atoms with Crippen LogP contribution in [-0.4, -0.2) is 41.0 Å². The Morgan fingerprint density at radius 3 is 2.10 bits per heavy atom. The van der Waals surface area contributed by atoms with Crippen molar-refractivity contribution in [2.45, 2.75) is 13.8 Å². The first-order valence-electron chi connectivity index (χ1n) is 6.11. The summed E-state index contributed by atoms with van der Waals surface area (Å²) in [7, 11) is 0. The van der Waals surface area contributed by atoms with Gasteiger partial charge in [0.15, 0.2) is 5.78 Å². The van der Waals surface area contributed by atoms with E-state index in [1.54, 1.807) is 24.3 Å². The van der Waals surface area contributed by atoms with Gasteiger partial charge in [0.1, 0.15) is 6.54 Å². The summed E-state index contributed by atoms with van der Waals surface area (Å²) in [5.74, 6) is -2.80. The van der Waals surface area contributed by atoms with Crippen LogP contribution in [0.15, 0.2) is 24.3 Å². The third kappa shape index (κ3) is 4.38. The largest absolute Gasteiger partial charge is 0.481 e. The molecule has 0 amide bonds. The lowest BCUT2D eigenvalue weighted by molar-refractivity contribution is -0.141. The molecule has 0 radical (unpaired) electrons. The summed E-state index contributed by atoms with van der Waals surface area (Å²) in [4.78, 5) is 34.4. The van der Waals surface area contributed by atoms with E-state index >= 15 is 0 Å². The van der Waals surface area contributed by atoms with Gasteiger partial charge in [0.05, 0.1) is 5.92 Å². The van der Waals surface area contributed by atoms with Crippen LogP contribution in [0.5, 0.6) is 0 Å². The molecule has 1 unspecified atom stereocenters. The standard InChI is InChI=1S/C14H17NO5/c1-9(14(19)20)7-15(8-13(17)18)12-5-3-11(4-6-12)10(2)16/h3-6,9H,7-8H2,1-2H3,(H,17,18)(H,19,20). The van der Waals surface area contributed by atoms with Crippen LogP contribution in [0.1, 0.15) is 24.2 Å². The third-order valence-electron chi connectivity index (χ3n) is 2.88. The summed E-state index contributed by atoms with van der Waals surface area (Å²) in [6, 6.07) is 6.43. The topological polar surface area (TPSA) is 94.9 Å². The van der Waals surface area contributed by atoms with Gasteiger partial charge in [-0.2, -0.15) is 0 Å². The Morgan fingerprint density at radius 1 is 1.15 bits per heavy atom. The van der Waals surface area contributed by atoms with E-state index in [-0.39, 0.29) is 18.9 Å². The summed E-state index contributed by atoms with van der Waals surface area (Å²) in [6.45, 7) is 2.75. The Labute approximate surface area is 116 Å². The maximum Gasteiger partial charge on any atom is 0.323 e. The van der Waals surface area contributed by atoms with Gasteiger partial charge in [0.25, 0.3) is 0 Å². The molecule has 0 fully saturated rings. The molecule has 0 saturated heterocycles. The van der Waals surface area contributed by atoms with Gasteiger partial charge in [-0.3, -0.25) is 14.4 Å². The van der Waals surface area contributed by atoms with Crippen LogP contribution in [0, 0.1) is 5.92 Å². The molecule has 20 heavy (non-hydrogen) atoms. The number of aliphatic carboxylic acids is 2. The summed E-state index contributed by atoms with van der Waals surface area (Å²) >= 11 is 0. The van der Waals surface area contributed by atoms with Crippen LogP contribution in [0.4, 0.5) is 5.69 Å². The second kappa shape index (κ2) is 6.70. The van der Waals surface area contributed by atoms with Crippen molar-refractivity contribution >= 4 is 23.4 Å². The highest BCUT2D eigenvalue weighted by Crippen LogP contribution is 2.17. The number of rotatable bonds is 7. The number of ketones is 1. The fourth-order valence-electron chi connectivity index (χ4n) is 1.74. The Morgan fingerprint density at radius 2 is 1.70 bits per heavy atom. The highest BCUT2D eigenvalue weighted by Gasteiger charge is 2.18. The first kappa shape index (κ1) is 15.7. The Bertz CT molecular complexity index is 509. The van der Waals surface area contributed by atoms with Crippen LogP contribution in [0.25, 0.3) is 0 Å². The first-order valence-corrected chi connectivity index (χ1v) is 6.11. The lowest BCUT2D eigenvalue weighted by Gasteiger charge is -2.24. The zero-order valence-electron chi connectivity index (χ0n) is 11.4. The average Bonchev–Trinajstić information content (AvgIpc) is 2.37. The SMILES string of the molecule is CC(=O)c1ccc(N(CC(=O)O)CC(C)C(=O)O)cc1. The lowest BCUT2D eigenvalue weighted by atomic mass is 10.1. The number of hydrogen-bond acceptors (Lipinski definition) is 4. The summed E-state index contributed by atoms with van der Waals surface area (Å²) < 4.78 is 0. The van der Waals surface area contributed by atoms with Crippen LogP contribution in [0.2, 0.25) is 0 Å². The molecule has 6 heteroatoms. The van der Waals surface area contributed by atoms with Crippen molar-refractivity contribution in [1.82, 2.24) is 0 Å². The van der Waals surface area contributed by atoms with Gasteiger partial charge in [-0.1, -0.05) is 6.92 Å². The minimum Gasteiger partial charge on any atom is -0.481 e. The van der Waals surface area contributed by atoms with Crippen LogP contribution in [-0.2, 0) is 9.59 Å². The minimum absolute atomic E-state index is 0.0831. The van der Waals surface area contributed by atoms with E-state index in [4.69, 9.17) is 10.2 Å². The van der Waals surface area contributed by atoms with Gasteiger partial charge in [0, 0.05) is 17.8 Å². The fourth-order valence-corrected chi connectivity index (χ4v) is 1.74. The summed E-state index contributed by atoms with van der Waals surface area (Å²) in [5.41, 5.74) is 1.10. The zero-order chi connectivity index (χ0) is 15.3. The first-order chi connectivity index (χ1) is 9.31. The summed E-state index contributed by atoms with van der Waals surface area (Å²) in [5, 5.41) is 17.8. The number of carboxylic acids is 2. The highest BCUT2D eigenvalue weighted by atomic mass is 16.4. The maximum absolute atomic E-state index is 11.2. The lowest BCUT2D eigenvalue weighted by Crippen LogP contribution is -2.35. The molecule has 0 spiro atoms. The molecular weight excluding hydrogens is 262 g/mol. The number of benzene rings is 1. The van der Waals surface area contributed by atoms with Crippen LogP contribution >= 0.6 is 0 Å². The van der Waals surface area contributed by atoms with Gasteiger partial charge < -0.3 is 15.1 Å². The summed E-state index contributed by atoms with van der Waals surface area (Å²) in [6.07, 6.45) is 0. The van der Waals surface area contributed by atoms with Crippen molar-refractivity contribution in [3.8, 4) is 0 Å². The second-order valence-corrected chi connectivity index (χ2v) is 4.62. The Hall–Kier alpha value is -2.37. The van der Waals surface area contributed by atoms with Crippen molar-refractivity contribution < 1.29 is 24.6 Å². The van der Waals surface area contributed by atoms with Crippen molar-refractivity contribution in [1.29, 1.82) is 0 Å². The monoisotopic (exact) mass is 279 g/mol. The van der Waals surface area contributed by atoms with Gasteiger partial charge in [0.2, 0.25) is 0 Å². The molecule has 1 aromatic rings. The third-order valence-corrected chi connectivity index (χ3v) is 2.88. The predicted octanol–water partition coefficient (Wildman–Crippen LogP) is 1.50. The molecule has 2 N–H and O–H groups in total. The molecule has 0 heterocycles. The maximum atomic E-state index is 11.2. The normalized spacial score (nSPS) is 11.7. The van der Waals surface area contributed by atoms with Crippen molar-refractivity contribution in [3.05, 3.63) is 29.8 Å². The molecule has 6 nitrogen and oxygen atoms in total. The van der Waals surface area contributed by atoms with E-state index in [1.807, 2.05) is 0 Å². The van der Waals surface area contributed by atoms with Gasteiger partial charge in [-0.05, 0) is 31.2 Å². The van der Waals surface area contributed by atoms with E-state index in [0.717, 1.165) is 0 Å². The molecule has 108 valence electrons. The van der Waals surface area contributed by atoms with Crippen molar-refractivity contribution in [3.63, 3.8) is 0 Å². The molecule has 0 aliphatic rings. The van der Waals surface area contributed by atoms with Gasteiger partial charge in [-0.25, -0.2) is 0 Å². The number of carbonyl (C=O) groups is 3. The Balaban J connectivity index is 2.94. The minimum atomic E-state index is -1.04. The number of hydrogen-bond donors (Lipinski definition) is 2. The van der Waals surface area contributed by atoms with Crippen LogP contribution in [0.3, 0.4) is 0 Å². The number of nitrogens with zero attached hydrogens (tertiary/aromatic N) is 1. The number of carboxylic acid groups (broad SMARTS) is 2. The number of Topliss-reactive ketones (excluding diaryl/α,β-unsaturated/α-hetero) is 1. The van der Waals surface area contributed by atoms with Crippen LogP contribution < -0.4 is 4.90 Å². The molecule has 0 aromatic heterocycles. The molecule has 1 atom stereocenters. The molecule has 0 aliphatic carbocycles. The number of anilines is 1. The predicted molar refractivity (Wildman–Crippen MR) is 73.1 cm³/mol. The van der Waals surface area contributed by atoms with Crippen molar-refractivity contribution in [2.75, 3.05) is 18.0 Å². The van der Waals surface area contributed by atoms with E-state index in [9.17, 15) is 14.4 Å². The van der Waals surface area contributed by atoms with Gasteiger partial charge in [-0.15, -0.1) is 0 Å². The number of carbonyl (C=O) groups excluding carboxylic acids is 1. The second-order valence-electron chi connectivity index (χ2n) is 4.62. The molecule has 0 saturated carbocycles. The molecular formula is C14H17NO5.